The van der Waals surface area contributed by atoms with E-state index in [-0.39, 0.29) is 0 Å². The van der Waals surface area contributed by atoms with Crippen LogP contribution in [0.25, 0.3) is 0 Å². The largest absolute Gasteiger partial charge is 0.377 e. The lowest BCUT2D eigenvalue weighted by Gasteiger charge is -2.00. The van der Waals surface area contributed by atoms with E-state index < -0.39 is 0 Å². The average molecular weight is 152 g/mol. The van der Waals surface area contributed by atoms with Crippen molar-refractivity contribution in [1.82, 2.24) is 9.97 Å². The van der Waals surface area contributed by atoms with Gasteiger partial charge in [0.25, 0.3) is 0 Å². The van der Waals surface area contributed by atoms with Crippen molar-refractivity contribution in [2.24, 2.45) is 0 Å². The molecule has 1 aromatic heterocycles. The van der Waals surface area contributed by atoms with Crippen LogP contribution in [-0.4, -0.2) is 17.1 Å². The zero-order chi connectivity index (χ0) is 8.27. The second-order valence-corrected chi connectivity index (χ2v) is 2.50. The molecule has 3 heteroatoms. The number of hydrogen-bond acceptors (Lipinski definition) is 3. The molecule has 60 valence electrons. The second kappa shape index (κ2) is 3.44. The molecule has 3 nitrogen and oxygen atoms in total. The fraction of sp³-hybridized carbons (Fsp3) is 0.500. The van der Waals surface area contributed by atoms with Gasteiger partial charge in [0, 0.05) is 18.5 Å². The highest BCUT2D eigenvalue weighted by atomic mass is 16.5. The maximum absolute atomic E-state index is 4.91. The number of ether oxygens (including phenoxy) is 1. The van der Waals surface area contributed by atoms with Gasteiger partial charge in [-0.25, -0.2) is 9.97 Å². The molecule has 1 heterocycles. The molecule has 1 rings (SSSR count). The fourth-order valence-electron chi connectivity index (χ4n) is 0.993. The van der Waals surface area contributed by atoms with E-state index in [1.807, 2.05) is 19.9 Å². The second-order valence-electron chi connectivity index (χ2n) is 2.50. The normalized spacial score (nSPS) is 10.1. The van der Waals surface area contributed by atoms with Gasteiger partial charge in [-0.1, -0.05) is 0 Å². The van der Waals surface area contributed by atoms with Gasteiger partial charge in [0.15, 0.2) is 5.82 Å². The molecule has 0 spiro atoms. The fourth-order valence-corrected chi connectivity index (χ4v) is 0.993. The minimum Gasteiger partial charge on any atom is -0.377 e. The zero-order valence-corrected chi connectivity index (χ0v) is 7.09. The minimum atomic E-state index is 0.489. The number of aryl methyl sites for hydroxylation is 2. The summed E-state index contributed by atoms with van der Waals surface area (Å²) in [6.45, 7) is 4.39. The predicted octanol–water partition coefficient (Wildman–Crippen LogP) is 1.24. The molecule has 0 atom stereocenters. The molecule has 0 aliphatic heterocycles. The minimum absolute atomic E-state index is 0.489. The van der Waals surface area contributed by atoms with Gasteiger partial charge in [0.05, 0.1) is 0 Å². The summed E-state index contributed by atoms with van der Waals surface area (Å²) in [5.41, 5.74) is 1.98. The van der Waals surface area contributed by atoms with E-state index in [2.05, 4.69) is 9.97 Å². The van der Waals surface area contributed by atoms with Crippen LogP contribution in [0.5, 0.6) is 0 Å². The Bertz CT molecular complexity index is 228. The number of methoxy groups -OCH3 is 1. The van der Waals surface area contributed by atoms with Crippen LogP contribution in [0.15, 0.2) is 6.07 Å². The first-order valence-electron chi connectivity index (χ1n) is 3.52. The summed E-state index contributed by atoms with van der Waals surface area (Å²) in [4.78, 5) is 8.38. The Hall–Kier alpha value is -0.960. The summed E-state index contributed by atoms with van der Waals surface area (Å²) in [7, 11) is 1.64. The van der Waals surface area contributed by atoms with Gasteiger partial charge in [-0.3, -0.25) is 0 Å². The van der Waals surface area contributed by atoms with Gasteiger partial charge in [0.2, 0.25) is 0 Å². The molecule has 0 bridgehead atoms. The van der Waals surface area contributed by atoms with E-state index in [0.717, 1.165) is 17.2 Å². The summed E-state index contributed by atoms with van der Waals surface area (Å²) in [6, 6.07) is 1.94. The Kier molecular flexibility index (Phi) is 2.54. The Morgan fingerprint density at radius 3 is 2.27 bits per heavy atom. The van der Waals surface area contributed by atoms with Gasteiger partial charge >= 0.3 is 0 Å². The number of rotatable bonds is 2. The Morgan fingerprint density at radius 2 is 1.82 bits per heavy atom. The van der Waals surface area contributed by atoms with Crippen molar-refractivity contribution >= 4 is 0 Å². The molecular weight excluding hydrogens is 140 g/mol. The Balaban J connectivity index is 2.89. The first kappa shape index (κ1) is 8.14. The summed E-state index contributed by atoms with van der Waals surface area (Å²) in [6.07, 6.45) is 0. The van der Waals surface area contributed by atoms with Crippen LogP contribution in [0.3, 0.4) is 0 Å². The maximum atomic E-state index is 4.91. The first-order chi connectivity index (χ1) is 5.22. The molecule has 0 saturated heterocycles. The molecule has 0 unspecified atom stereocenters. The van der Waals surface area contributed by atoms with E-state index in [9.17, 15) is 0 Å². The molecule has 11 heavy (non-hydrogen) atoms. The van der Waals surface area contributed by atoms with Crippen LogP contribution in [0.2, 0.25) is 0 Å². The quantitative estimate of drug-likeness (QED) is 0.639. The number of hydrogen-bond donors (Lipinski definition) is 0. The van der Waals surface area contributed by atoms with Crippen LogP contribution in [0, 0.1) is 13.8 Å². The van der Waals surface area contributed by atoms with Crippen LogP contribution < -0.4 is 0 Å². The van der Waals surface area contributed by atoms with Crippen molar-refractivity contribution < 1.29 is 4.74 Å². The SMILES string of the molecule is COCc1nc(C)cc(C)n1. The number of aromatic nitrogens is 2. The van der Waals surface area contributed by atoms with Crippen molar-refractivity contribution in [3.05, 3.63) is 23.3 Å². The van der Waals surface area contributed by atoms with E-state index in [4.69, 9.17) is 4.74 Å². The van der Waals surface area contributed by atoms with Crippen LogP contribution in [-0.2, 0) is 11.3 Å². The molecule has 0 N–H and O–H groups in total. The van der Waals surface area contributed by atoms with Crippen molar-refractivity contribution in [1.29, 1.82) is 0 Å². The van der Waals surface area contributed by atoms with Crippen LogP contribution in [0.4, 0.5) is 0 Å². The highest BCUT2D eigenvalue weighted by molar-refractivity contribution is 5.07. The highest BCUT2D eigenvalue weighted by Crippen LogP contribution is 1.99. The molecule has 0 fully saturated rings. The lowest BCUT2D eigenvalue weighted by Crippen LogP contribution is -1.99. The van der Waals surface area contributed by atoms with Crippen LogP contribution >= 0.6 is 0 Å². The molecule has 0 aliphatic rings. The van der Waals surface area contributed by atoms with Crippen molar-refractivity contribution in [3.63, 3.8) is 0 Å². The van der Waals surface area contributed by atoms with Crippen molar-refractivity contribution in [2.75, 3.05) is 7.11 Å². The maximum Gasteiger partial charge on any atom is 0.154 e. The van der Waals surface area contributed by atoms with E-state index in [0.29, 0.717) is 6.61 Å². The molecule has 0 aliphatic carbocycles. The van der Waals surface area contributed by atoms with Gasteiger partial charge in [-0.2, -0.15) is 0 Å². The smallest absolute Gasteiger partial charge is 0.154 e. The average Bonchev–Trinajstić information content (AvgIpc) is 1.85. The lowest BCUT2D eigenvalue weighted by atomic mass is 10.3. The molecular formula is C8H12N2O. The monoisotopic (exact) mass is 152 g/mol. The zero-order valence-electron chi connectivity index (χ0n) is 7.09. The Morgan fingerprint density at radius 1 is 1.27 bits per heavy atom. The summed E-state index contributed by atoms with van der Waals surface area (Å²) in [5.74, 6) is 0.755. The van der Waals surface area contributed by atoms with Crippen molar-refractivity contribution in [3.8, 4) is 0 Å². The summed E-state index contributed by atoms with van der Waals surface area (Å²) >= 11 is 0. The molecule has 0 radical (unpaired) electrons. The third-order valence-electron chi connectivity index (χ3n) is 1.30. The van der Waals surface area contributed by atoms with Crippen molar-refractivity contribution in [2.45, 2.75) is 20.5 Å². The molecule has 0 saturated carbocycles. The first-order valence-corrected chi connectivity index (χ1v) is 3.52. The molecule has 0 aromatic carbocycles. The van der Waals surface area contributed by atoms with Gasteiger partial charge in [-0.05, 0) is 19.9 Å². The van der Waals surface area contributed by atoms with Gasteiger partial charge in [0.1, 0.15) is 6.61 Å². The van der Waals surface area contributed by atoms with Gasteiger partial charge in [-0.15, -0.1) is 0 Å². The van der Waals surface area contributed by atoms with E-state index in [1.54, 1.807) is 7.11 Å². The standard InChI is InChI=1S/C8H12N2O/c1-6-4-7(2)10-8(9-6)5-11-3/h4H,5H2,1-3H3. The lowest BCUT2D eigenvalue weighted by molar-refractivity contribution is 0.177. The third-order valence-corrected chi connectivity index (χ3v) is 1.30. The van der Waals surface area contributed by atoms with E-state index >= 15 is 0 Å². The summed E-state index contributed by atoms with van der Waals surface area (Å²) in [5, 5.41) is 0. The molecule has 1 aromatic rings. The van der Waals surface area contributed by atoms with E-state index in [1.165, 1.54) is 0 Å². The topological polar surface area (TPSA) is 35.0 Å². The Labute approximate surface area is 66.4 Å². The predicted molar refractivity (Wildman–Crippen MR) is 42.2 cm³/mol. The third kappa shape index (κ3) is 2.27. The molecule has 0 amide bonds. The number of nitrogens with zero attached hydrogens (tertiary/aromatic N) is 2. The van der Waals surface area contributed by atoms with Gasteiger partial charge < -0.3 is 4.74 Å². The van der Waals surface area contributed by atoms with Crippen LogP contribution in [0.1, 0.15) is 17.2 Å². The summed E-state index contributed by atoms with van der Waals surface area (Å²) < 4.78 is 4.91. The highest BCUT2D eigenvalue weighted by Gasteiger charge is 1.96.